The maximum atomic E-state index is 12.5. The van der Waals surface area contributed by atoms with Gasteiger partial charge < -0.3 is 14.5 Å². The fraction of sp³-hybridized carbons (Fsp3) is 0.471. The number of nitrogens with zero attached hydrogens (tertiary/aromatic N) is 1. The van der Waals surface area contributed by atoms with Crippen molar-refractivity contribution in [2.75, 3.05) is 19.9 Å². The predicted molar refractivity (Wildman–Crippen MR) is 93.9 cm³/mol. The first kappa shape index (κ1) is 17.8. The predicted octanol–water partition coefficient (Wildman–Crippen LogP) is 2.04. The Morgan fingerprint density at radius 3 is 2.88 bits per heavy atom. The van der Waals surface area contributed by atoms with Crippen molar-refractivity contribution < 1.29 is 22.4 Å². The lowest BCUT2D eigenvalue weighted by molar-refractivity contribution is -0.125. The summed E-state index contributed by atoms with van der Waals surface area (Å²) in [4.78, 5) is 12.5. The van der Waals surface area contributed by atoms with Gasteiger partial charge in [-0.2, -0.15) is 4.31 Å². The van der Waals surface area contributed by atoms with Gasteiger partial charge in [-0.15, -0.1) is 0 Å². The molecule has 0 bridgehead atoms. The van der Waals surface area contributed by atoms with Crippen molar-refractivity contribution in [3.05, 3.63) is 30.0 Å². The van der Waals surface area contributed by atoms with Crippen LogP contribution in [0.1, 0.15) is 31.6 Å². The minimum atomic E-state index is -3.39. The summed E-state index contributed by atoms with van der Waals surface area (Å²) in [7, 11) is -1.82. The van der Waals surface area contributed by atoms with Gasteiger partial charge in [-0.3, -0.25) is 4.79 Å². The van der Waals surface area contributed by atoms with Crippen LogP contribution in [-0.4, -0.2) is 44.6 Å². The first-order chi connectivity index (χ1) is 11.8. The number of rotatable bonds is 5. The lowest BCUT2D eigenvalue weighted by Crippen LogP contribution is -2.46. The summed E-state index contributed by atoms with van der Waals surface area (Å²) in [5.41, 5.74) is 0.625. The Morgan fingerprint density at radius 2 is 2.20 bits per heavy atom. The van der Waals surface area contributed by atoms with E-state index in [1.165, 1.54) is 4.31 Å². The van der Waals surface area contributed by atoms with Crippen LogP contribution < -0.4 is 10.1 Å². The van der Waals surface area contributed by atoms with E-state index in [1.54, 1.807) is 13.2 Å². The second-order valence-corrected chi connectivity index (χ2v) is 8.22. The monoisotopic (exact) mass is 366 g/mol. The van der Waals surface area contributed by atoms with Crippen LogP contribution in [0, 0.1) is 0 Å². The van der Waals surface area contributed by atoms with E-state index in [2.05, 4.69) is 5.32 Å². The summed E-state index contributed by atoms with van der Waals surface area (Å²) < 4.78 is 36.0. The Hall–Kier alpha value is -2.06. The van der Waals surface area contributed by atoms with Gasteiger partial charge in [0.2, 0.25) is 15.9 Å². The highest BCUT2D eigenvalue weighted by molar-refractivity contribution is 7.88. The van der Waals surface area contributed by atoms with E-state index < -0.39 is 16.1 Å². The molecule has 1 N–H and O–H groups in total. The third kappa shape index (κ3) is 3.50. The number of fused-ring (bicyclic) bond motifs is 1. The maximum absolute atomic E-state index is 12.5. The number of carbonyl (C=O) groups excluding carboxylic acids is 1. The smallest absolute Gasteiger partial charge is 0.239 e. The standard InChI is InChI=1S/C17H22N2O5S/c1-11(15-10-12-6-4-8-14(23-2)16(12)24-15)18-17(20)13-7-5-9-19(13)25(3,21)22/h4,6,8,10-11,13H,5,7,9H2,1-3H3,(H,18,20)/t11-,13+/m0/s1. The normalized spacial score (nSPS) is 19.9. The molecular weight excluding hydrogens is 344 g/mol. The zero-order chi connectivity index (χ0) is 18.2. The van der Waals surface area contributed by atoms with E-state index in [1.807, 2.05) is 25.1 Å². The molecule has 0 aliphatic carbocycles. The molecule has 0 radical (unpaired) electrons. The van der Waals surface area contributed by atoms with Crippen LogP contribution in [0.15, 0.2) is 28.7 Å². The molecule has 0 unspecified atom stereocenters. The fourth-order valence-corrected chi connectivity index (χ4v) is 4.33. The third-order valence-electron chi connectivity index (χ3n) is 4.46. The molecule has 1 aromatic carbocycles. The Bertz CT molecular complexity index is 890. The van der Waals surface area contributed by atoms with Crippen molar-refractivity contribution in [2.24, 2.45) is 0 Å². The fourth-order valence-electron chi connectivity index (χ4n) is 3.21. The van der Waals surface area contributed by atoms with Crippen molar-refractivity contribution in [2.45, 2.75) is 31.8 Å². The summed E-state index contributed by atoms with van der Waals surface area (Å²) in [6.45, 7) is 2.19. The second kappa shape index (κ2) is 6.68. The molecule has 8 heteroatoms. The number of ether oxygens (including phenoxy) is 1. The topological polar surface area (TPSA) is 88.9 Å². The maximum Gasteiger partial charge on any atom is 0.239 e. The molecule has 1 saturated heterocycles. The number of hydrogen-bond acceptors (Lipinski definition) is 5. The zero-order valence-electron chi connectivity index (χ0n) is 14.5. The molecule has 2 heterocycles. The minimum absolute atomic E-state index is 0.303. The molecule has 0 spiro atoms. The van der Waals surface area contributed by atoms with Crippen LogP contribution in [0.4, 0.5) is 0 Å². The van der Waals surface area contributed by atoms with E-state index in [0.717, 1.165) is 11.6 Å². The molecule has 2 atom stereocenters. The van der Waals surface area contributed by atoms with Crippen molar-refractivity contribution in [3.8, 4) is 5.75 Å². The summed E-state index contributed by atoms with van der Waals surface area (Å²) in [6.07, 6.45) is 2.34. The minimum Gasteiger partial charge on any atom is -0.493 e. The number of furan rings is 1. The lowest BCUT2D eigenvalue weighted by atomic mass is 10.1. The van der Waals surface area contributed by atoms with Crippen molar-refractivity contribution in [1.82, 2.24) is 9.62 Å². The number of benzene rings is 1. The molecular formula is C17H22N2O5S. The van der Waals surface area contributed by atoms with Gasteiger partial charge in [0.1, 0.15) is 11.8 Å². The zero-order valence-corrected chi connectivity index (χ0v) is 15.3. The van der Waals surface area contributed by atoms with Crippen LogP contribution in [0.25, 0.3) is 11.0 Å². The SMILES string of the molecule is COc1cccc2cc([C@H](C)NC(=O)[C@H]3CCCN3S(C)(=O)=O)oc12. The number of sulfonamides is 1. The Labute approximate surface area is 147 Å². The Balaban J connectivity index is 1.78. The van der Waals surface area contributed by atoms with Crippen LogP contribution in [0.2, 0.25) is 0 Å². The quantitative estimate of drug-likeness (QED) is 0.875. The molecule has 0 saturated carbocycles. The molecule has 1 amide bonds. The van der Waals surface area contributed by atoms with E-state index in [4.69, 9.17) is 9.15 Å². The van der Waals surface area contributed by atoms with Gasteiger partial charge in [-0.05, 0) is 31.9 Å². The number of nitrogens with one attached hydrogen (secondary N) is 1. The molecule has 1 aliphatic rings. The van der Waals surface area contributed by atoms with Crippen LogP contribution >= 0.6 is 0 Å². The van der Waals surface area contributed by atoms with E-state index >= 15 is 0 Å². The second-order valence-electron chi connectivity index (χ2n) is 6.29. The highest BCUT2D eigenvalue weighted by Gasteiger charge is 2.37. The van der Waals surface area contributed by atoms with Gasteiger partial charge in [-0.25, -0.2) is 8.42 Å². The molecule has 7 nitrogen and oxygen atoms in total. The molecule has 2 aromatic rings. The number of amides is 1. The van der Waals surface area contributed by atoms with Gasteiger partial charge in [-0.1, -0.05) is 12.1 Å². The summed E-state index contributed by atoms with van der Waals surface area (Å²) in [6, 6.07) is 6.39. The molecule has 25 heavy (non-hydrogen) atoms. The average Bonchev–Trinajstić information content (AvgIpc) is 3.20. The van der Waals surface area contributed by atoms with Gasteiger partial charge in [0, 0.05) is 11.9 Å². The van der Waals surface area contributed by atoms with Crippen LogP contribution in [-0.2, 0) is 14.8 Å². The molecule has 3 rings (SSSR count). The molecule has 1 aromatic heterocycles. The van der Waals surface area contributed by atoms with E-state index in [-0.39, 0.29) is 11.9 Å². The average molecular weight is 366 g/mol. The van der Waals surface area contributed by atoms with Gasteiger partial charge in [0.25, 0.3) is 0 Å². The van der Waals surface area contributed by atoms with Gasteiger partial charge in [0.15, 0.2) is 11.3 Å². The first-order valence-electron chi connectivity index (χ1n) is 8.15. The molecule has 136 valence electrons. The van der Waals surface area contributed by atoms with Crippen molar-refractivity contribution >= 4 is 26.9 Å². The molecule has 1 aliphatic heterocycles. The largest absolute Gasteiger partial charge is 0.493 e. The van der Waals surface area contributed by atoms with E-state index in [0.29, 0.717) is 36.5 Å². The van der Waals surface area contributed by atoms with E-state index in [9.17, 15) is 13.2 Å². The Morgan fingerprint density at radius 1 is 1.44 bits per heavy atom. The number of para-hydroxylation sites is 1. The van der Waals surface area contributed by atoms with Crippen LogP contribution in [0.5, 0.6) is 5.75 Å². The number of carbonyl (C=O) groups is 1. The number of methoxy groups -OCH3 is 1. The van der Waals surface area contributed by atoms with Gasteiger partial charge in [0.05, 0.1) is 19.4 Å². The van der Waals surface area contributed by atoms with Gasteiger partial charge >= 0.3 is 0 Å². The van der Waals surface area contributed by atoms with Crippen molar-refractivity contribution in [3.63, 3.8) is 0 Å². The first-order valence-corrected chi connectivity index (χ1v) is 9.99. The summed E-state index contributed by atoms with van der Waals surface area (Å²) in [5.74, 6) is 0.918. The highest BCUT2D eigenvalue weighted by Crippen LogP contribution is 2.31. The highest BCUT2D eigenvalue weighted by atomic mass is 32.2. The number of hydrogen-bond donors (Lipinski definition) is 1. The summed E-state index contributed by atoms with van der Waals surface area (Å²) in [5, 5.41) is 3.74. The van der Waals surface area contributed by atoms with Crippen molar-refractivity contribution in [1.29, 1.82) is 0 Å². The van der Waals surface area contributed by atoms with Crippen LogP contribution in [0.3, 0.4) is 0 Å². The lowest BCUT2D eigenvalue weighted by Gasteiger charge is -2.22. The summed E-state index contributed by atoms with van der Waals surface area (Å²) >= 11 is 0. The molecule has 1 fully saturated rings. The third-order valence-corrected chi connectivity index (χ3v) is 5.75. The Kier molecular flexibility index (Phi) is 4.75.